The molecular formula is C11H7NO2. The molecule has 0 aliphatic carbocycles. The summed E-state index contributed by atoms with van der Waals surface area (Å²) in [6.45, 7) is 6.86. The molecule has 0 spiro atoms. The Morgan fingerprint density at radius 2 is 2.07 bits per heavy atom. The molecule has 1 aromatic carbocycles. The Hall–Kier alpha value is -2.26. The molecular weight excluding hydrogens is 178 g/mol. The fourth-order valence-corrected chi connectivity index (χ4v) is 1.04. The van der Waals surface area contributed by atoms with Crippen molar-refractivity contribution in [1.29, 1.82) is 0 Å². The Labute approximate surface area is 81.8 Å². The lowest BCUT2D eigenvalue weighted by Gasteiger charge is -1.98. The highest BCUT2D eigenvalue weighted by atomic mass is 16.2. The van der Waals surface area contributed by atoms with Crippen LogP contribution < -0.4 is 0 Å². The minimum Gasteiger partial charge on any atom is -0.462 e. The van der Waals surface area contributed by atoms with Crippen LogP contribution in [-0.2, 0) is 4.79 Å². The number of hydrogen-bond donors (Lipinski definition) is 1. The van der Waals surface area contributed by atoms with E-state index in [2.05, 4.69) is 4.85 Å². The Balaban J connectivity index is 2.99. The van der Waals surface area contributed by atoms with Crippen LogP contribution in [-0.4, -0.2) is 10.9 Å². The van der Waals surface area contributed by atoms with Crippen molar-refractivity contribution < 1.29 is 9.90 Å². The van der Waals surface area contributed by atoms with Crippen molar-refractivity contribution >= 4 is 5.78 Å². The van der Waals surface area contributed by atoms with Gasteiger partial charge in [0.1, 0.15) is 6.11 Å². The van der Waals surface area contributed by atoms with Gasteiger partial charge < -0.3 is 5.11 Å². The van der Waals surface area contributed by atoms with Gasteiger partial charge in [-0.1, -0.05) is 30.3 Å². The summed E-state index contributed by atoms with van der Waals surface area (Å²) in [6.07, 6.45) is 1.51. The average molecular weight is 185 g/mol. The summed E-state index contributed by atoms with van der Waals surface area (Å²) in [6, 6.07) is 7.71. The molecule has 1 atom stereocenters. The fraction of sp³-hybridized carbons (Fsp3) is 0.0909. The zero-order chi connectivity index (χ0) is 10.4. The normalized spacial score (nSPS) is 10.5. The van der Waals surface area contributed by atoms with Gasteiger partial charge in [-0.2, -0.15) is 0 Å². The maximum absolute atomic E-state index is 11.2. The molecule has 1 aromatic rings. The van der Waals surface area contributed by atoms with Gasteiger partial charge >= 0.3 is 6.04 Å². The third-order valence-electron chi connectivity index (χ3n) is 1.67. The number of carbonyl (C=O) groups excluding carboxylic acids is 1. The number of ketones is 1. The molecule has 14 heavy (non-hydrogen) atoms. The van der Waals surface area contributed by atoms with Gasteiger partial charge in [-0.25, -0.2) is 6.57 Å². The third kappa shape index (κ3) is 2.12. The fourth-order valence-electron chi connectivity index (χ4n) is 1.04. The predicted octanol–water partition coefficient (Wildman–Crippen LogP) is 1.55. The van der Waals surface area contributed by atoms with E-state index in [0.29, 0.717) is 5.56 Å². The second-order valence-corrected chi connectivity index (χ2v) is 2.54. The number of aliphatic hydroxyl groups is 1. The van der Waals surface area contributed by atoms with E-state index in [9.17, 15) is 4.79 Å². The van der Waals surface area contributed by atoms with Gasteiger partial charge in [0.2, 0.25) is 0 Å². The molecule has 0 radical (unpaired) electrons. The zero-order valence-corrected chi connectivity index (χ0v) is 7.27. The van der Waals surface area contributed by atoms with Crippen LogP contribution in [0.3, 0.4) is 0 Å². The Bertz CT molecular complexity index is 420. The highest BCUT2D eigenvalue weighted by Crippen LogP contribution is 2.17. The summed E-state index contributed by atoms with van der Waals surface area (Å²) in [5, 5.41) is 8.24. The van der Waals surface area contributed by atoms with Crippen LogP contribution in [0, 0.1) is 18.6 Å². The summed E-state index contributed by atoms with van der Waals surface area (Å²) in [5.41, 5.74) is 0.593. The number of nitrogens with zero attached hydrogens (tertiary/aromatic N) is 1. The minimum atomic E-state index is -0.934. The first-order valence-electron chi connectivity index (χ1n) is 3.90. The minimum absolute atomic E-state index is 0.589. The highest BCUT2D eigenvalue weighted by molar-refractivity contribution is 6.01. The Morgan fingerprint density at radius 3 is 2.57 bits per heavy atom. The predicted molar refractivity (Wildman–Crippen MR) is 50.5 cm³/mol. The SMILES string of the molecule is [C-]#[N+]C(C(=O)C#CO)c1ccccc1. The van der Waals surface area contributed by atoms with Crippen LogP contribution in [0.25, 0.3) is 4.85 Å². The van der Waals surface area contributed by atoms with E-state index in [1.54, 1.807) is 30.3 Å². The van der Waals surface area contributed by atoms with E-state index < -0.39 is 11.8 Å². The summed E-state index contributed by atoms with van der Waals surface area (Å²) >= 11 is 0. The largest absolute Gasteiger partial charge is 0.462 e. The van der Waals surface area contributed by atoms with Gasteiger partial charge in [0, 0.05) is 11.5 Å². The molecule has 0 aromatic heterocycles. The van der Waals surface area contributed by atoms with E-state index in [4.69, 9.17) is 11.7 Å². The molecule has 0 bridgehead atoms. The van der Waals surface area contributed by atoms with E-state index in [1.807, 2.05) is 5.92 Å². The molecule has 0 heterocycles. The van der Waals surface area contributed by atoms with Crippen LogP contribution in [0.2, 0.25) is 0 Å². The Morgan fingerprint density at radius 1 is 1.43 bits per heavy atom. The first kappa shape index (κ1) is 9.83. The van der Waals surface area contributed by atoms with E-state index in [0.717, 1.165) is 0 Å². The Kier molecular flexibility index (Phi) is 3.29. The van der Waals surface area contributed by atoms with Crippen LogP contribution in [0.4, 0.5) is 0 Å². The number of Topliss-reactive ketones (excluding diaryl/α,β-unsaturated/α-hetero) is 1. The molecule has 1 N–H and O–H groups in total. The summed E-state index contributed by atoms with van der Waals surface area (Å²) < 4.78 is 0. The molecule has 0 saturated carbocycles. The number of rotatable bonds is 2. The molecule has 0 aliphatic rings. The van der Waals surface area contributed by atoms with E-state index in [1.165, 1.54) is 6.11 Å². The molecule has 1 unspecified atom stereocenters. The molecule has 68 valence electrons. The monoisotopic (exact) mass is 185 g/mol. The van der Waals surface area contributed by atoms with Crippen molar-refractivity contribution in [1.82, 2.24) is 0 Å². The maximum atomic E-state index is 11.2. The smallest absolute Gasteiger partial charge is 0.318 e. The molecule has 3 nitrogen and oxygen atoms in total. The van der Waals surface area contributed by atoms with E-state index in [-0.39, 0.29) is 0 Å². The van der Waals surface area contributed by atoms with Crippen molar-refractivity contribution in [2.75, 3.05) is 0 Å². The number of carbonyl (C=O) groups is 1. The number of aliphatic hydroxyl groups excluding tert-OH is 1. The first-order chi connectivity index (χ1) is 6.79. The second kappa shape index (κ2) is 4.69. The van der Waals surface area contributed by atoms with Crippen LogP contribution in [0.5, 0.6) is 0 Å². The lowest BCUT2D eigenvalue weighted by molar-refractivity contribution is -0.114. The molecule has 0 aliphatic heterocycles. The van der Waals surface area contributed by atoms with Gasteiger partial charge in [0.15, 0.2) is 0 Å². The van der Waals surface area contributed by atoms with Crippen molar-refractivity contribution in [3.63, 3.8) is 0 Å². The van der Waals surface area contributed by atoms with Crippen LogP contribution in [0.15, 0.2) is 30.3 Å². The van der Waals surface area contributed by atoms with Crippen molar-refractivity contribution in [2.24, 2.45) is 0 Å². The van der Waals surface area contributed by atoms with Crippen molar-refractivity contribution in [3.8, 4) is 12.0 Å². The quantitative estimate of drug-likeness (QED) is 0.561. The summed E-state index contributed by atoms with van der Waals surface area (Å²) in [7, 11) is 0. The lowest BCUT2D eigenvalue weighted by atomic mass is 10.0. The zero-order valence-electron chi connectivity index (χ0n) is 7.27. The third-order valence-corrected chi connectivity index (χ3v) is 1.67. The number of benzene rings is 1. The molecule has 0 amide bonds. The van der Waals surface area contributed by atoms with Crippen molar-refractivity contribution in [3.05, 3.63) is 47.3 Å². The topological polar surface area (TPSA) is 41.7 Å². The summed E-state index contributed by atoms with van der Waals surface area (Å²) in [4.78, 5) is 14.4. The first-order valence-corrected chi connectivity index (χ1v) is 3.90. The van der Waals surface area contributed by atoms with Gasteiger partial charge in [-0.3, -0.25) is 9.64 Å². The van der Waals surface area contributed by atoms with E-state index >= 15 is 0 Å². The molecule has 0 fully saturated rings. The van der Waals surface area contributed by atoms with Crippen LogP contribution in [0.1, 0.15) is 11.6 Å². The van der Waals surface area contributed by atoms with Gasteiger partial charge in [-0.05, 0) is 0 Å². The highest BCUT2D eigenvalue weighted by Gasteiger charge is 2.23. The lowest BCUT2D eigenvalue weighted by Crippen LogP contribution is -2.06. The van der Waals surface area contributed by atoms with Gasteiger partial charge in [0.05, 0.1) is 0 Å². The number of hydrogen-bond acceptors (Lipinski definition) is 2. The van der Waals surface area contributed by atoms with Crippen LogP contribution >= 0.6 is 0 Å². The van der Waals surface area contributed by atoms with Gasteiger partial charge in [0.25, 0.3) is 5.78 Å². The van der Waals surface area contributed by atoms with Crippen molar-refractivity contribution in [2.45, 2.75) is 6.04 Å². The standard InChI is InChI=1S/C11H7NO2/c1-12-11(10(14)7-8-13)9-5-3-2-4-6-9/h2-6,11,13H. The molecule has 1 rings (SSSR count). The maximum Gasteiger partial charge on any atom is 0.318 e. The molecule has 3 heteroatoms. The summed E-state index contributed by atoms with van der Waals surface area (Å²) in [5.74, 6) is 1.36. The van der Waals surface area contributed by atoms with Gasteiger partial charge in [-0.15, -0.1) is 0 Å². The average Bonchev–Trinajstić information content (AvgIpc) is 2.21. The second-order valence-electron chi connectivity index (χ2n) is 2.54. The molecule has 0 saturated heterocycles.